The molecule has 3 aromatic rings. The van der Waals surface area contributed by atoms with Gasteiger partial charge in [-0.15, -0.1) is 0 Å². The zero-order valence-corrected chi connectivity index (χ0v) is 23.5. The molecule has 1 heterocycles. The molecule has 1 aliphatic rings. The van der Waals surface area contributed by atoms with Gasteiger partial charge in [-0.2, -0.15) is 0 Å². The number of carbonyl (C=O) groups is 3. The zero-order chi connectivity index (χ0) is 28.5. The number of methoxy groups -OCH3 is 1. The van der Waals surface area contributed by atoms with E-state index in [1.165, 1.54) is 4.90 Å². The van der Waals surface area contributed by atoms with Crippen molar-refractivity contribution >= 4 is 46.5 Å². The van der Waals surface area contributed by atoms with Crippen LogP contribution in [0.25, 0.3) is 0 Å². The Morgan fingerprint density at radius 1 is 0.900 bits per heavy atom. The van der Waals surface area contributed by atoms with E-state index in [1.54, 1.807) is 31.4 Å². The van der Waals surface area contributed by atoms with Crippen molar-refractivity contribution in [1.29, 1.82) is 0 Å². The van der Waals surface area contributed by atoms with Crippen LogP contribution < -0.4 is 15.5 Å². The van der Waals surface area contributed by atoms with Gasteiger partial charge in [0.25, 0.3) is 5.91 Å². The number of nitrogens with zero attached hydrogens (tertiary/aromatic N) is 3. The predicted octanol–water partition coefficient (Wildman–Crippen LogP) is 4.73. The molecule has 1 fully saturated rings. The standard InChI is InChI=1S/C30H34ClN5O4/c1-22-6-5-7-24(20-22)33-30(39)35-16-14-34(15-17-35)25-12-10-23(11-13-25)32-28(37)21-36(18-19-40-2)29(38)26-8-3-4-9-27(26)31/h3-13,20H,14-19,21H2,1-2H3,(H,32,37)(H,33,39). The lowest BCUT2D eigenvalue weighted by Gasteiger charge is -2.36. The Balaban J connectivity index is 1.29. The van der Waals surface area contributed by atoms with Crippen molar-refractivity contribution in [2.45, 2.75) is 6.92 Å². The van der Waals surface area contributed by atoms with Crippen molar-refractivity contribution in [2.75, 3.05) is 68.5 Å². The van der Waals surface area contributed by atoms with Gasteiger partial charge in [-0.25, -0.2) is 4.79 Å². The number of piperazine rings is 1. The first-order valence-corrected chi connectivity index (χ1v) is 13.5. The van der Waals surface area contributed by atoms with Crippen LogP contribution in [0.5, 0.6) is 0 Å². The van der Waals surface area contributed by atoms with Crippen LogP contribution in [-0.2, 0) is 9.53 Å². The topological polar surface area (TPSA) is 94.2 Å². The Morgan fingerprint density at radius 2 is 1.62 bits per heavy atom. The normalized spacial score (nSPS) is 13.1. The minimum atomic E-state index is -0.333. The molecule has 0 bridgehead atoms. The van der Waals surface area contributed by atoms with Crippen molar-refractivity contribution < 1.29 is 19.1 Å². The van der Waals surface area contributed by atoms with E-state index in [0.717, 1.165) is 16.9 Å². The summed E-state index contributed by atoms with van der Waals surface area (Å²) >= 11 is 6.20. The molecule has 0 spiro atoms. The lowest BCUT2D eigenvalue weighted by Crippen LogP contribution is -2.50. The molecule has 9 nitrogen and oxygen atoms in total. The van der Waals surface area contributed by atoms with E-state index in [4.69, 9.17) is 16.3 Å². The smallest absolute Gasteiger partial charge is 0.321 e. The second-order valence-electron chi connectivity index (χ2n) is 9.57. The Kier molecular flexibility index (Phi) is 9.99. The van der Waals surface area contributed by atoms with Crippen LogP contribution in [0.15, 0.2) is 72.8 Å². The second-order valence-corrected chi connectivity index (χ2v) is 9.98. The molecule has 0 aromatic heterocycles. The number of amides is 4. The Hall–Kier alpha value is -4.08. The van der Waals surface area contributed by atoms with Crippen molar-refractivity contribution in [3.05, 3.63) is 88.9 Å². The van der Waals surface area contributed by atoms with Gasteiger partial charge in [-0.3, -0.25) is 9.59 Å². The fraction of sp³-hybridized carbons (Fsp3) is 0.300. The van der Waals surface area contributed by atoms with Crippen LogP contribution in [0.2, 0.25) is 5.02 Å². The maximum Gasteiger partial charge on any atom is 0.321 e. The number of anilines is 3. The SMILES string of the molecule is COCCN(CC(=O)Nc1ccc(N2CCN(C(=O)Nc3cccc(C)c3)CC2)cc1)C(=O)c1ccccc1Cl. The lowest BCUT2D eigenvalue weighted by atomic mass is 10.2. The highest BCUT2D eigenvalue weighted by Gasteiger charge is 2.23. The van der Waals surface area contributed by atoms with E-state index in [0.29, 0.717) is 49.1 Å². The maximum atomic E-state index is 13.0. The summed E-state index contributed by atoms with van der Waals surface area (Å²) in [5.74, 6) is -0.655. The van der Waals surface area contributed by atoms with Gasteiger partial charge < -0.3 is 30.1 Å². The average Bonchev–Trinajstić information content (AvgIpc) is 2.95. The quantitative estimate of drug-likeness (QED) is 0.392. The molecule has 0 saturated carbocycles. The Bertz CT molecular complexity index is 1330. The van der Waals surface area contributed by atoms with Gasteiger partial charge in [0.1, 0.15) is 6.54 Å². The molecule has 0 unspecified atom stereocenters. The minimum absolute atomic E-state index is 0.101. The number of hydrogen-bond acceptors (Lipinski definition) is 5. The fourth-order valence-corrected chi connectivity index (χ4v) is 4.70. The third-order valence-corrected chi connectivity index (χ3v) is 6.97. The summed E-state index contributed by atoms with van der Waals surface area (Å²) in [6, 6.07) is 22.0. The Morgan fingerprint density at radius 3 is 2.30 bits per heavy atom. The number of urea groups is 1. The predicted molar refractivity (Wildman–Crippen MR) is 158 cm³/mol. The van der Waals surface area contributed by atoms with E-state index in [9.17, 15) is 14.4 Å². The molecule has 1 saturated heterocycles. The van der Waals surface area contributed by atoms with E-state index in [-0.39, 0.29) is 30.9 Å². The van der Waals surface area contributed by atoms with Crippen molar-refractivity contribution in [2.24, 2.45) is 0 Å². The molecule has 10 heteroatoms. The van der Waals surface area contributed by atoms with Crippen molar-refractivity contribution in [1.82, 2.24) is 9.80 Å². The van der Waals surface area contributed by atoms with Gasteiger partial charge in [0, 0.05) is 56.9 Å². The van der Waals surface area contributed by atoms with Gasteiger partial charge in [-0.05, 0) is 61.0 Å². The molecule has 4 rings (SSSR count). The monoisotopic (exact) mass is 563 g/mol. The van der Waals surface area contributed by atoms with Gasteiger partial charge in [0.15, 0.2) is 0 Å². The van der Waals surface area contributed by atoms with Gasteiger partial charge in [0.05, 0.1) is 17.2 Å². The number of benzene rings is 3. The molecule has 1 aliphatic heterocycles. The summed E-state index contributed by atoms with van der Waals surface area (Å²) in [4.78, 5) is 43.9. The maximum absolute atomic E-state index is 13.0. The van der Waals surface area contributed by atoms with E-state index in [1.807, 2.05) is 60.4 Å². The fourth-order valence-electron chi connectivity index (χ4n) is 4.48. The third kappa shape index (κ3) is 7.74. The number of hydrogen-bond donors (Lipinski definition) is 2. The van der Waals surface area contributed by atoms with E-state index >= 15 is 0 Å². The third-order valence-electron chi connectivity index (χ3n) is 6.64. The van der Waals surface area contributed by atoms with Crippen LogP contribution in [0.1, 0.15) is 15.9 Å². The number of rotatable bonds is 9. The molecule has 4 amide bonds. The highest BCUT2D eigenvalue weighted by molar-refractivity contribution is 6.33. The molecule has 0 radical (unpaired) electrons. The van der Waals surface area contributed by atoms with Gasteiger partial charge >= 0.3 is 6.03 Å². The van der Waals surface area contributed by atoms with E-state index in [2.05, 4.69) is 15.5 Å². The summed E-state index contributed by atoms with van der Waals surface area (Å²) in [6.45, 7) is 5.01. The highest BCUT2D eigenvalue weighted by Crippen LogP contribution is 2.21. The number of nitrogens with one attached hydrogen (secondary N) is 2. The van der Waals surface area contributed by atoms with E-state index < -0.39 is 0 Å². The molecule has 40 heavy (non-hydrogen) atoms. The first-order chi connectivity index (χ1) is 19.3. The number of carbonyl (C=O) groups excluding carboxylic acids is 3. The number of aryl methyl sites for hydroxylation is 1. The molecular formula is C30H34ClN5O4. The van der Waals surface area contributed by atoms with Crippen LogP contribution in [0, 0.1) is 6.92 Å². The summed E-state index contributed by atoms with van der Waals surface area (Å²) in [5, 5.41) is 6.16. The summed E-state index contributed by atoms with van der Waals surface area (Å²) in [7, 11) is 1.54. The summed E-state index contributed by atoms with van der Waals surface area (Å²) in [5.41, 5.74) is 3.86. The summed E-state index contributed by atoms with van der Waals surface area (Å²) in [6.07, 6.45) is 0. The zero-order valence-electron chi connectivity index (χ0n) is 22.7. The second kappa shape index (κ2) is 13.8. The average molecular weight is 564 g/mol. The minimum Gasteiger partial charge on any atom is -0.383 e. The molecular weight excluding hydrogens is 530 g/mol. The first-order valence-electron chi connectivity index (χ1n) is 13.1. The molecule has 3 aromatic carbocycles. The van der Waals surface area contributed by atoms with Crippen LogP contribution in [0.4, 0.5) is 21.9 Å². The Labute approximate surface area is 239 Å². The van der Waals surface area contributed by atoms with Crippen LogP contribution in [-0.4, -0.2) is 80.6 Å². The van der Waals surface area contributed by atoms with Gasteiger partial charge in [-0.1, -0.05) is 35.9 Å². The molecule has 210 valence electrons. The molecule has 2 N–H and O–H groups in total. The first kappa shape index (κ1) is 28.9. The van der Waals surface area contributed by atoms with Gasteiger partial charge in [0.2, 0.25) is 5.91 Å². The van der Waals surface area contributed by atoms with Crippen molar-refractivity contribution in [3.8, 4) is 0 Å². The largest absolute Gasteiger partial charge is 0.383 e. The molecule has 0 aliphatic carbocycles. The summed E-state index contributed by atoms with van der Waals surface area (Å²) < 4.78 is 5.12. The number of halogens is 1. The number of ether oxygens (including phenoxy) is 1. The lowest BCUT2D eigenvalue weighted by molar-refractivity contribution is -0.117. The van der Waals surface area contributed by atoms with Crippen LogP contribution >= 0.6 is 11.6 Å². The molecule has 0 atom stereocenters. The van der Waals surface area contributed by atoms with Crippen LogP contribution in [0.3, 0.4) is 0 Å². The van der Waals surface area contributed by atoms with Crippen molar-refractivity contribution in [3.63, 3.8) is 0 Å². The highest BCUT2D eigenvalue weighted by atomic mass is 35.5.